The van der Waals surface area contributed by atoms with Crippen molar-refractivity contribution in [3.63, 3.8) is 0 Å². The Labute approximate surface area is 247 Å². The lowest BCUT2D eigenvalue weighted by Gasteiger charge is -2.31. The number of halogens is 2. The van der Waals surface area contributed by atoms with Gasteiger partial charge in [0, 0.05) is 32.7 Å². The summed E-state index contributed by atoms with van der Waals surface area (Å²) in [6.07, 6.45) is 5.72. The van der Waals surface area contributed by atoms with E-state index in [1.165, 1.54) is 33.8 Å². The van der Waals surface area contributed by atoms with E-state index in [0.29, 0.717) is 30.5 Å². The minimum Gasteiger partial charge on any atom is -0.377 e. The zero-order valence-corrected chi connectivity index (χ0v) is 25.1. The molecule has 1 fully saturated rings. The highest BCUT2D eigenvalue weighted by atomic mass is 35.5. The van der Waals surface area contributed by atoms with Crippen LogP contribution in [-0.2, 0) is 27.7 Å². The smallest absolute Gasteiger partial charge is 0.265 e. The Morgan fingerprint density at radius 1 is 0.925 bits per heavy atom. The van der Waals surface area contributed by atoms with Gasteiger partial charge in [-0.1, -0.05) is 59.6 Å². The molecule has 1 amide bonds. The largest absolute Gasteiger partial charge is 0.377 e. The molecule has 1 atom stereocenters. The molecule has 3 aromatic rings. The van der Waals surface area contributed by atoms with Gasteiger partial charge in [-0.15, -0.1) is 0 Å². The minimum atomic E-state index is -4.05. The van der Waals surface area contributed by atoms with Crippen LogP contribution < -0.4 is 14.5 Å². The fourth-order valence-corrected chi connectivity index (χ4v) is 8.08. The number of anilines is 2. The van der Waals surface area contributed by atoms with E-state index in [9.17, 15) is 13.2 Å². The number of benzene rings is 3. The van der Waals surface area contributed by atoms with Gasteiger partial charge in [0.05, 0.1) is 20.6 Å². The predicted molar refractivity (Wildman–Crippen MR) is 163 cm³/mol. The second-order valence-electron chi connectivity index (χ2n) is 11.1. The molecule has 5 rings (SSSR count). The molecule has 9 heteroatoms. The number of hydrogen-bond acceptors (Lipinski definition) is 4. The van der Waals surface area contributed by atoms with Crippen LogP contribution in [0.5, 0.6) is 0 Å². The summed E-state index contributed by atoms with van der Waals surface area (Å²) in [7, 11) is 0.114. The molecule has 6 nitrogen and oxygen atoms in total. The molecular weight excluding hydrogens is 565 g/mol. The van der Waals surface area contributed by atoms with Gasteiger partial charge in [-0.3, -0.25) is 9.10 Å². The molecule has 0 radical (unpaired) electrons. The first-order chi connectivity index (χ1) is 19.1. The molecule has 0 aromatic heterocycles. The molecule has 1 heterocycles. The van der Waals surface area contributed by atoms with Gasteiger partial charge in [0.1, 0.15) is 6.04 Å². The molecule has 1 N–H and O–H groups in total. The van der Waals surface area contributed by atoms with Crippen LogP contribution in [0.3, 0.4) is 0 Å². The van der Waals surface area contributed by atoms with Crippen LogP contribution >= 0.6 is 23.2 Å². The van der Waals surface area contributed by atoms with Crippen molar-refractivity contribution in [1.82, 2.24) is 5.32 Å². The predicted octanol–water partition coefficient (Wildman–Crippen LogP) is 6.34. The Bertz CT molecular complexity index is 1490. The van der Waals surface area contributed by atoms with Gasteiger partial charge in [0.25, 0.3) is 10.0 Å². The lowest BCUT2D eigenvalue weighted by atomic mass is 9.79. The summed E-state index contributed by atoms with van der Waals surface area (Å²) in [5.74, 6) is 0.735. The van der Waals surface area contributed by atoms with E-state index in [4.69, 9.17) is 23.2 Å². The van der Waals surface area contributed by atoms with Crippen molar-refractivity contribution < 1.29 is 13.2 Å². The normalized spacial score (nSPS) is 20.7. The number of amides is 1. The van der Waals surface area contributed by atoms with Gasteiger partial charge in [-0.25, -0.2) is 8.42 Å². The van der Waals surface area contributed by atoms with E-state index in [1.54, 1.807) is 12.1 Å². The number of nitrogens with zero attached hydrogens (tertiary/aromatic N) is 2. The lowest BCUT2D eigenvalue weighted by molar-refractivity contribution is -0.122. The van der Waals surface area contributed by atoms with E-state index in [1.807, 2.05) is 12.1 Å². The zero-order chi connectivity index (χ0) is 28.4. The monoisotopic (exact) mass is 599 g/mol. The van der Waals surface area contributed by atoms with Crippen molar-refractivity contribution in [1.29, 1.82) is 0 Å². The molecule has 0 bridgehead atoms. The Hall–Kier alpha value is -2.74. The van der Waals surface area contributed by atoms with E-state index in [0.717, 1.165) is 37.7 Å². The van der Waals surface area contributed by atoms with E-state index in [-0.39, 0.29) is 20.8 Å². The van der Waals surface area contributed by atoms with Crippen molar-refractivity contribution >= 4 is 50.5 Å². The highest BCUT2D eigenvalue weighted by molar-refractivity contribution is 7.93. The molecule has 0 spiro atoms. The molecule has 40 heavy (non-hydrogen) atoms. The molecule has 2 aliphatic rings. The number of para-hydroxylation sites is 2. The summed E-state index contributed by atoms with van der Waals surface area (Å²) >= 11 is 12.2. The maximum atomic E-state index is 13.8. The van der Waals surface area contributed by atoms with Crippen molar-refractivity contribution in [2.75, 3.05) is 29.8 Å². The third-order valence-electron chi connectivity index (χ3n) is 8.19. The van der Waals surface area contributed by atoms with Crippen LogP contribution in [0.2, 0.25) is 10.0 Å². The first-order valence-corrected chi connectivity index (χ1v) is 15.9. The molecule has 1 unspecified atom stereocenters. The number of sulfonamides is 1. The number of hydrogen-bond donors (Lipinski definition) is 1. The molecule has 1 aliphatic heterocycles. The number of rotatable bonds is 8. The van der Waals surface area contributed by atoms with E-state index >= 15 is 0 Å². The Kier molecular flexibility index (Phi) is 8.64. The lowest BCUT2D eigenvalue weighted by Crippen LogP contribution is -2.49. The van der Waals surface area contributed by atoms with Crippen molar-refractivity contribution in [3.05, 3.63) is 87.9 Å². The third kappa shape index (κ3) is 5.97. The third-order valence-corrected chi connectivity index (χ3v) is 10.7. The highest BCUT2D eigenvalue weighted by Gasteiger charge is 2.42. The summed E-state index contributed by atoms with van der Waals surface area (Å²) in [4.78, 5) is 15.7. The standard InChI is InChI=1S/C31H35Cl2N3O3S/c1-35(2)28-9-5-3-7-23(28)17-21-11-13-22(14-12-21)20-34-31(37)30-18-24-8-4-6-10-29(24)36(30)40(38,39)25-15-16-26(32)27(33)19-25/h3-10,15-16,19,21-22,30H,11-14,17-18,20H2,1-2H3,(H,34,37). The van der Waals surface area contributed by atoms with Gasteiger partial charge < -0.3 is 10.2 Å². The van der Waals surface area contributed by atoms with Crippen molar-refractivity contribution in [2.45, 2.75) is 49.5 Å². The van der Waals surface area contributed by atoms with Gasteiger partial charge in [-0.2, -0.15) is 0 Å². The van der Waals surface area contributed by atoms with E-state index in [2.05, 4.69) is 48.6 Å². The number of carbonyl (C=O) groups is 1. The van der Waals surface area contributed by atoms with Crippen LogP contribution in [0, 0.1) is 11.8 Å². The van der Waals surface area contributed by atoms with Crippen LogP contribution in [0.4, 0.5) is 11.4 Å². The molecule has 1 aliphatic carbocycles. The van der Waals surface area contributed by atoms with Crippen LogP contribution in [0.15, 0.2) is 71.6 Å². The first-order valence-electron chi connectivity index (χ1n) is 13.8. The average molecular weight is 601 g/mol. The van der Waals surface area contributed by atoms with Crippen LogP contribution in [0.25, 0.3) is 0 Å². The van der Waals surface area contributed by atoms with Gasteiger partial charge in [-0.05, 0) is 85.4 Å². The minimum absolute atomic E-state index is 0.00515. The zero-order valence-electron chi connectivity index (χ0n) is 22.8. The number of carbonyl (C=O) groups excluding carboxylic acids is 1. The summed E-state index contributed by atoms with van der Waals surface area (Å²) in [6, 6.07) is 19.2. The maximum Gasteiger partial charge on any atom is 0.265 e. The second kappa shape index (κ2) is 12.0. The van der Waals surface area contributed by atoms with Crippen LogP contribution in [0.1, 0.15) is 36.8 Å². The number of fused-ring (bicyclic) bond motifs is 1. The molecule has 212 valence electrons. The SMILES string of the molecule is CN(C)c1ccccc1CC1CCC(CNC(=O)C2Cc3ccccc3N2S(=O)(=O)c2ccc(Cl)c(Cl)c2)CC1. The fraction of sp³-hybridized carbons (Fsp3) is 0.387. The Morgan fingerprint density at radius 3 is 2.33 bits per heavy atom. The summed E-state index contributed by atoms with van der Waals surface area (Å²) in [6.45, 7) is 0.549. The molecular formula is C31H35Cl2N3O3S. The average Bonchev–Trinajstić information content (AvgIpc) is 3.35. The molecule has 3 aromatic carbocycles. The van der Waals surface area contributed by atoms with E-state index < -0.39 is 16.1 Å². The van der Waals surface area contributed by atoms with Crippen molar-refractivity contribution in [2.24, 2.45) is 11.8 Å². The van der Waals surface area contributed by atoms with Gasteiger partial charge in [0.2, 0.25) is 5.91 Å². The van der Waals surface area contributed by atoms with Crippen molar-refractivity contribution in [3.8, 4) is 0 Å². The highest BCUT2D eigenvalue weighted by Crippen LogP contribution is 2.38. The summed E-state index contributed by atoms with van der Waals surface area (Å²) < 4.78 is 28.8. The van der Waals surface area contributed by atoms with Gasteiger partial charge >= 0.3 is 0 Å². The molecule has 0 saturated heterocycles. The Balaban J connectivity index is 1.23. The maximum absolute atomic E-state index is 13.8. The summed E-state index contributed by atoms with van der Waals surface area (Å²) in [5, 5.41) is 3.51. The topological polar surface area (TPSA) is 69.7 Å². The fourth-order valence-electron chi connectivity index (χ4n) is 6.04. The van der Waals surface area contributed by atoms with Crippen LogP contribution in [-0.4, -0.2) is 41.0 Å². The second-order valence-corrected chi connectivity index (χ2v) is 13.7. The quantitative estimate of drug-likeness (QED) is 0.328. The summed E-state index contributed by atoms with van der Waals surface area (Å²) in [5.41, 5.74) is 4.00. The van der Waals surface area contributed by atoms with Gasteiger partial charge in [0.15, 0.2) is 0 Å². The first kappa shape index (κ1) is 28.8. The molecule has 1 saturated carbocycles. The Morgan fingerprint density at radius 2 is 1.60 bits per heavy atom. The number of nitrogens with one attached hydrogen (secondary N) is 1.